The highest BCUT2D eigenvalue weighted by atomic mass is 19.1. The second-order valence-electron chi connectivity index (χ2n) is 6.33. The second-order valence-corrected chi connectivity index (χ2v) is 6.33. The van der Waals surface area contributed by atoms with Crippen LogP contribution in [0, 0.1) is 11.7 Å². The first-order valence-electron chi connectivity index (χ1n) is 8.15. The summed E-state index contributed by atoms with van der Waals surface area (Å²) in [6.45, 7) is 2.11. The first-order valence-corrected chi connectivity index (χ1v) is 8.15. The molecule has 23 heavy (non-hydrogen) atoms. The Morgan fingerprint density at radius 1 is 1.30 bits per heavy atom. The topological polar surface area (TPSA) is 33.5 Å². The maximum absolute atomic E-state index is 13.8. The van der Waals surface area contributed by atoms with Gasteiger partial charge in [0.25, 0.3) is 0 Å². The molecule has 1 aliphatic rings. The van der Waals surface area contributed by atoms with Gasteiger partial charge in [-0.15, -0.1) is 0 Å². The van der Waals surface area contributed by atoms with E-state index < -0.39 is 0 Å². The molecule has 1 saturated carbocycles. The summed E-state index contributed by atoms with van der Waals surface area (Å²) >= 11 is 0. The van der Waals surface area contributed by atoms with Crippen LogP contribution in [0.1, 0.15) is 31.9 Å². The van der Waals surface area contributed by atoms with Gasteiger partial charge in [-0.05, 0) is 49.9 Å². The Balaban J connectivity index is 1.59. The molecule has 4 heteroatoms. The standard InChI is InChI=1S/C19H22FNO2/c1-13(14-7-8-14)21(2)19(22)12-10-15-9-11-18(23-15)16-5-3-4-6-17(16)20/h3-6,9,11,13-14H,7-8,10,12H2,1-2H3. The molecule has 1 aromatic carbocycles. The zero-order chi connectivity index (χ0) is 16.4. The smallest absolute Gasteiger partial charge is 0.223 e. The van der Waals surface area contributed by atoms with Crippen LogP contribution in [0.5, 0.6) is 0 Å². The van der Waals surface area contributed by atoms with Crippen LogP contribution in [0.4, 0.5) is 4.39 Å². The van der Waals surface area contributed by atoms with Crippen molar-refractivity contribution in [2.75, 3.05) is 7.05 Å². The minimum atomic E-state index is -0.303. The van der Waals surface area contributed by atoms with Gasteiger partial charge >= 0.3 is 0 Å². The average molecular weight is 315 g/mol. The van der Waals surface area contributed by atoms with E-state index in [1.54, 1.807) is 24.3 Å². The Bertz CT molecular complexity index is 690. The summed E-state index contributed by atoms with van der Waals surface area (Å²) in [6, 6.07) is 10.4. The number of halogens is 1. The summed E-state index contributed by atoms with van der Waals surface area (Å²) < 4.78 is 19.4. The van der Waals surface area contributed by atoms with Crippen LogP contribution in [0.3, 0.4) is 0 Å². The van der Waals surface area contributed by atoms with Gasteiger partial charge in [-0.3, -0.25) is 4.79 Å². The summed E-state index contributed by atoms with van der Waals surface area (Å²) in [5, 5.41) is 0. The van der Waals surface area contributed by atoms with Gasteiger partial charge in [-0.25, -0.2) is 4.39 Å². The fourth-order valence-corrected chi connectivity index (χ4v) is 2.85. The highest BCUT2D eigenvalue weighted by molar-refractivity contribution is 5.76. The van der Waals surface area contributed by atoms with Crippen LogP contribution in [0.15, 0.2) is 40.8 Å². The van der Waals surface area contributed by atoms with Crippen molar-refractivity contribution in [3.8, 4) is 11.3 Å². The van der Waals surface area contributed by atoms with Crippen molar-refractivity contribution in [3.05, 3.63) is 48.0 Å². The number of hydrogen-bond acceptors (Lipinski definition) is 2. The molecule has 0 N–H and O–H groups in total. The molecule has 1 unspecified atom stereocenters. The Morgan fingerprint density at radius 2 is 2.04 bits per heavy atom. The molecule has 0 spiro atoms. The van der Waals surface area contributed by atoms with E-state index in [0.717, 1.165) is 0 Å². The molecule has 1 atom stereocenters. The van der Waals surface area contributed by atoms with Crippen LogP contribution >= 0.6 is 0 Å². The molecule has 3 nitrogen and oxygen atoms in total. The third-order valence-corrected chi connectivity index (χ3v) is 4.69. The lowest BCUT2D eigenvalue weighted by Gasteiger charge is -2.24. The van der Waals surface area contributed by atoms with E-state index in [4.69, 9.17) is 4.42 Å². The van der Waals surface area contributed by atoms with Gasteiger partial charge in [0.2, 0.25) is 5.91 Å². The monoisotopic (exact) mass is 315 g/mol. The molecule has 0 aliphatic heterocycles. The summed E-state index contributed by atoms with van der Waals surface area (Å²) in [4.78, 5) is 14.1. The predicted molar refractivity (Wildman–Crippen MR) is 87.4 cm³/mol. The zero-order valence-corrected chi connectivity index (χ0v) is 13.6. The molecule has 1 heterocycles. The van der Waals surface area contributed by atoms with Crippen LogP contribution in [0.25, 0.3) is 11.3 Å². The Hall–Kier alpha value is -2.10. The average Bonchev–Trinajstić information content (AvgIpc) is 3.30. The van der Waals surface area contributed by atoms with E-state index in [0.29, 0.717) is 41.9 Å². The van der Waals surface area contributed by atoms with Crippen LogP contribution in [-0.4, -0.2) is 23.9 Å². The number of rotatable bonds is 6. The van der Waals surface area contributed by atoms with Crippen molar-refractivity contribution in [1.29, 1.82) is 0 Å². The van der Waals surface area contributed by atoms with E-state index in [9.17, 15) is 9.18 Å². The van der Waals surface area contributed by atoms with Gasteiger partial charge in [-0.2, -0.15) is 0 Å². The SMILES string of the molecule is CC(C1CC1)N(C)C(=O)CCc1ccc(-c2ccccc2F)o1. The van der Waals surface area contributed by atoms with Crippen molar-refractivity contribution >= 4 is 5.91 Å². The van der Waals surface area contributed by atoms with E-state index in [2.05, 4.69) is 6.92 Å². The summed E-state index contributed by atoms with van der Waals surface area (Å²) in [6.07, 6.45) is 3.40. The van der Waals surface area contributed by atoms with Gasteiger partial charge in [0, 0.05) is 25.9 Å². The molecular weight excluding hydrogens is 293 g/mol. The Kier molecular flexibility index (Phi) is 4.51. The molecule has 0 radical (unpaired) electrons. The predicted octanol–water partition coefficient (Wildman–Crippen LogP) is 4.28. The highest BCUT2D eigenvalue weighted by Crippen LogP contribution is 2.35. The number of carbonyl (C=O) groups excluding carboxylic acids is 1. The fraction of sp³-hybridized carbons (Fsp3) is 0.421. The molecule has 122 valence electrons. The first-order chi connectivity index (χ1) is 11.1. The van der Waals surface area contributed by atoms with E-state index in [-0.39, 0.29) is 11.7 Å². The molecule has 1 fully saturated rings. The summed E-state index contributed by atoms with van der Waals surface area (Å²) in [5.74, 6) is 1.71. The summed E-state index contributed by atoms with van der Waals surface area (Å²) in [5.41, 5.74) is 0.449. The zero-order valence-electron chi connectivity index (χ0n) is 13.6. The third-order valence-electron chi connectivity index (χ3n) is 4.69. The molecule has 0 saturated heterocycles. The van der Waals surface area contributed by atoms with Crippen LogP contribution < -0.4 is 0 Å². The lowest BCUT2D eigenvalue weighted by atomic mass is 10.1. The molecule has 3 rings (SSSR count). The van der Waals surface area contributed by atoms with E-state index in [1.165, 1.54) is 18.9 Å². The van der Waals surface area contributed by atoms with Crippen molar-refractivity contribution in [3.63, 3.8) is 0 Å². The lowest BCUT2D eigenvalue weighted by Crippen LogP contribution is -2.36. The molecular formula is C19H22FNO2. The van der Waals surface area contributed by atoms with Crippen LogP contribution in [-0.2, 0) is 11.2 Å². The minimum absolute atomic E-state index is 0.133. The highest BCUT2D eigenvalue weighted by Gasteiger charge is 2.32. The summed E-state index contributed by atoms with van der Waals surface area (Å²) in [7, 11) is 1.87. The molecule has 1 amide bonds. The molecule has 2 aromatic rings. The second kappa shape index (κ2) is 6.57. The number of benzene rings is 1. The largest absolute Gasteiger partial charge is 0.461 e. The number of aryl methyl sites for hydroxylation is 1. The first kappa shape index (κ1) is 15.8. The maximum atomic E-state index is 13.8. The number of furan rings is 1. The molecule has 0 bridgehead atoms. The van der Waals surface area contributed by atoms with Gasteiger partial charge in [0.1, 0.15) is 17.3 Å². The van der Waals surface area contributed by atoms with Crippen molar-refractivity contribution < 1.29 is 13.6 Å². The Labute approximate surface area is 136 Å². The van der Waals surface area contributed by atoms with Crippen molar-refractivity contribution in [2.24, 2.45) is 5.92 Å². The van der Waals surface area contributed by atoms with E-state index in [1.807, 2.05) is 18.0 Å². The molecule has 1 aromatic heterocycles. The minimum Gasteiger partial charge on any atom is -0.461 e. The number of carbonyl (C=O) groups is 1. The van der Waals surface area contributed by atoms with Crippen LogP contribution in [0.2, 0.25) is 0 Å². The molecule has 1 aliphatic carbocycles. The lowest BCUT2D eigenvalue weighted by molar-refractivity contribution is -0.132. The van der Waals surface area contributed by atoms with Gasteiger partial charge in [-0.1, -0.05) is 12.1 Å². The number of nitrogens with zero attached hydrogens (tertiary/aromatic N) is 1. The van der Waals surface area contributed by atoms with Gasteiger partial charge in [0.15, 0.2) is 0 Å². The third kappa shape index (κ3) is 3.63. The van der Waals surface area contributed by atoms with Gasteiger partial charge in [0.05, 0.1) is 5.56 Å². The Morgan fingerprint density at radius 3 is 2.74 bits per heavy atom. The normalized spacial score (nSPS) is 15.4. The van der Waals surface area contributed by atoms with Crippen molar-refractivity contribution in [1.82, 2.24) is 4.90 Å². The fourth-order valence-electron chi connectivity index (χ4n) is 2.85. The number of amides is 1. The quantitative estimate of drug-likeness (QED) is 0.797. The van der Waals surface area contributed by atoms with E-state index >= 15 is 0 Å². The maximum Gasteiger partial charge on any atom is 0.223 e. The number of hydrogen-bond donors (Lipinski definition) is 0. The van der Waals surface area contributed by atoms with Crippen molar-refractivity contribution in [2.45, 2.75) is 38.6 Å². The van der Waals surface area contributed by atoms with Gasteiger partial charge < -0.3 is 9.32 Å².